The van der Waals surface area contributed by atoms with Gasteiger partial charge in [0.2, 0.25) is 0 Å². The van der Waals surface area contributed by atoms with Crippen LogP contribution in [0.2, 0.25) is 0 Å². The van der Waals surface area contributed by atoms with Gasteiger partial charge in [0.05, 0.1) is 5.56 Å². The first-order chi connectivity index (χ1) is 6.67. The summed E-state index contributed by atoms with van der Waals surface area (Å²) in [5, 5.41) is 17.9. The molecule has 1 atom stereocenters. The Hall–Kier alpha value is -1.82. The van der Waals surface area contributed by atoms with E-state index in [1.54, 1.807) is 12.1 Å². The zero-order valence-corrected chi connectivity index (χ0v) is 7.90. The van der Waals surface area contributed by atoms with Crippen molar-refractivity contribution in [1.29, 1.82) is 5.26 Å². The highest BCUT2D eigenvalue weighted by Crippen LogP contribution is 2.19. The van der Waals surface area contributed by atoms with E-state index >= 15 is 0 Å². The Morgan fingerprint density at radius 2 is 2.36 bits per heavy atom. The van der Waals surface area contributed by atoms with E-state index in [2.05, 4.69) is 0 Å². The Labute approximate surface area is 82.6 Å². The lowest BCUT2D eigenvalue weighted by molar-refractivity contribution is -0.110. The molecule has 0 fully saturated rings. The van der Waals surface area contributed by atoms with Crippen LogP contribution in [0.1, 0.15) is 18.1 Å². The zero-order valence-electron chi connectivity index (χ0n) is 7.90. The number of carbonyl (C=O) groups excluding carboxylic acids is 1. The van der Waals surface area contributed by atoms with E-state index in [4.69, 9.17) is 5.26 Å². The van der Waals surface area contributed by atoms with Crippen molar-refractivity contribution in [3.8, 4) is 11.8 Å². The van der Waals surface area contributed by atoms with Crippen molar-refractivity contribution in [3.63, 3.8) is 0 Å². The molecule has 1 aromatic carbocycles. The summed E-state index contributed by atoms with van der Waals surface area (Å²) in [5.74, 6) is -0.0922. The van der Waals surface area contributed by atoms with Gasteiger partial charge in [0, 0.05) is 5.92 Å². The second kappa shape index (κ2) is 4.43. The number of aromatic hydroxyl groups is 1. The summed E-state index contributed by atoms with van der Waals surface area (Å²) in [6.45, 7) is 1.81. The average molecular weight is 189 g/mol. The van der Waals surface area contributed by atoms with Gasteiger partial charge in [-0.2, -0.15) is 5.26 Å². The number of hydrogen-bond acceptors (Lipinski definition) is 3. The first-order valence-corrected chi connectivity index (χ1v) is 4.34. The molecule has 1 N–H and O–H groups in total. The molecular formula is C11H11NO2. The third-order valence-corrected chi connectivity index (χ3v) is 1.97. The lowest BCUT2D eigenvalue weighted by atomic mass is 10.0. The predicted octanol–water partition coefficient (Wildman–Crippen LogP) is 1.64. The van der Waals surface area contributed by atoms with E-state index in [1.807, 2.05) is 13.0 Å². The van der Waals surface area contributed by atoms with Crippen LogP contribution >= 0.6 is 0 Å². The van der Waals surface area contributed by atoms with E-state index in [-0.39, 0.29) is 17.2 Å². The summed E-state index contributed by atoms with van der Waals surface area (Å²) < 4.78 is 0. The molecule has 1 aromatic rings. The fraction of sp³-hybridized carbons (Fsp3) is 0.273. The van der Waals surface area contributed by atoms with E-state index < -0.39 is 0 Å². The second-order valence-electron chi connectivity index (χ2n) is 3.28. The molecule has 1 rings (SSSR count). The van der Waals surface area contributed by atoms with E-state index in [0.29, 0.717) is 6.42 Å². The number of nitriles is 1. The number of phenols is 1. The first-order valence-electron chi connectivity index (χ1n) is 4.34. The summed E-state index contributed by atoms with van der Waals surface area (Å²) in [6.07, 6.45) is 1.46. The van der Waals surface area contributed by atoms with Crippen molar-refractivity contribution in [2.45, 2.75) is 13.3 Å². The normalized spacial score (nSPS) is 11.7. The maximum atomic E-state index is 10.4. The highest BCUT2D eigenvalue weighted by molar-refractivity contribution is 5.54. The summed E-state index contributed by atoms with van der Waals surface area (Å²) >= 11 is 0. The van der Waals surface area contributed by atoms with Crippen LogP contribution in [0.5, 0.6) is 5.75 Å². The van der Waals surface area contributed by atoms with Crippen LogP contribution in [-0.4, -0.2) is 11.4 Å². The fourth-order valence-corrected chi connectivity index (χ4v) is 1.22. The van der Waals surface area contributed by atoms with Gasteiger partial charge in [-0.15, -0.1) is 0 Å². The van der Waals surface area contributed by atoms with Gasteiger partial charge in [0.25, 0.3) is 0 Å². The fourth-order valence-electron chi connectivity index (χ4n) is 1.22. The summed E-state index contributed by atoms with van der Waals surface area (Å²) in [4.78, 5) is 10.4. The highest BCUT2D eigenvalue weighted by atomic mass is 16.3. The number of hydrogen-bond donors (Lipinski definition) is 1. The Bertz CT molecular complexity index is 379. The third-order valence-electron chi connectivity index (χ3n) is 1.97. The molecule has 1 unspecified atom stereocenters. The Kier molecular flexibility index (Phi) is 3.24. The summed E-state index contributed by atoms with van der Waals surface area (Å²) in [7, 11) is 0. The minimum absolute atomic E-state index is 0.0249. The molecule has 72 valence electrons. The predicted molar refractivity (Wildman–Crippen MR) is 51.8 cm³/mol. The van der Waals surface area contributed by atoms with Gasteiger partial charge in [0.1, 0.15) is 18.1 Å². The lowest BCUT2D eigenvalue weighted by Gasteiger charge is -2.04. The topological polar surface area (TPSA) is 61.1 Å². The van der Waals surface area contributed by atoms with Crippen molar-refractivity contribution in [2.24, 2.45) is 5.92 Å². The van der Waals surface area contributed by atoms with E-state index in [1.165, 1.54) is 6.07 Å². The minimum atomic E-state index is -0.0673. The Morgan fingerprint density at radius 1 is 1.64 bits per heavy atom. The maximum Gasteiger partial charge on any atom is 0.133 e. The molecule has 14 heavy (non-hydrogen) atoms. The molecule has 3 nitrogen and oxygen atoms in total. The maximum absolute atomic E-state index is 10.4. The molecule has 0 heterocycles. The Morgan fingerprint density at radius 3 is 2.86 bits per heavy atom. The van der Waals surface area contributed by atoms with Gasteiger partial charge in [-0.25, -0.2) is 0 Å². The largest absolute Gasteiger partial charge is 0.507 e. The monoisotopic (exact) mass is 189 g/mol. The van der Waals surface area contributed by atoms with Crippen LogP contribution in [0.25, 0.3) is 0 Å². The van der Waals surface area contributed by atoms with Crippen molar-refractivity contribution in [3.05, 3.63) is 29.3 Å². The molecule has 0 aliphatic heterocycles. The minimum Gasteiger partial charge on any atom is -0.507 e. The highest BCUT2D eigenvalue weighted by Gasteiger charge is 2.05. The zero-order chi connectivity index (χ0) is 10.6. The molecule has 3 heteroatoms. The van der Waals surface area contributed by atoms with Gasteiger partial charge in [-0.3, -0.25) is 0 Å². The third kappa shape index (κ3) is 2.33. The molecule has 0 amide bonds. The van der Waals surface area contributed by atoms with Gasteiger partial charge in [-0.05, 0) is 24.1 Å². The molecular weight excluding hydrogens is 178 g/mol. The molecule has 0 bridgehead atoms. The van der Waals surface area contributed by atoms with Crippen molar-refractivity contribution >= 4 is 6.29 Å². The average Bonchev–Trinajstić information content (AvgIpc) is 2.18. The summed E-state index contributed by atoms with van der Waals surface area (Å²) in [6, 6.07) is 6.70. The molecule has 0 radical (unpaired) electrons. The quantitative estimate of drug-likeness (QED) is 0.735. The lowest BCUT2D eigenvalue weighted by Crippen LogP contribution is -2.00. The van der Waals surface area contributed by atoms with Crippen molar-refractivity contribution in [1.82, 2.24) is 0 Å². The molecule has 0 aliphatic rings. The number of nitrogens with zero attached hydrogens (tertiary/aromatic N) is 1. The number of phenolic OH excluding ortho intramolecular Hbond substituents is 1. The van der Waals surface area contributed by atoms with Crippen molar-refractivity contribution in [2.75, 3.05) is 0 Å². The van der Waals surface area contributed by atoms with Crippen LogP contribution in [0, 0.1) is 17.2 Å². The molecule has 0 spiro atoms. The smallest absolute Gasteiger partial charge is 0.133 e. The SMILES string of the molecule is CC(C=O)Cc1ccc(C#N)c(O)c1. The van der Waals surface area contributed by atoms with Gasteiger partial charge < -0.3 is 9.90 Å². The van der Waals surface area contributed by atoms with E-state index in [0.717, 1.165) is 11.8 Å². The van der Waals surface area contributed by atoms with E-state index in [9.17, 15) is 9.90 Å². The number of carbonyl (C=O) groups is 1. The van der Waals surface area contributed by atoms with Crippen LogP contribution in [0.15, 0.2) is 18.2 Å². The Balaban J connectivity index is 2.87. The molecule has 0 saturated heterocycles. The van der Waals surface area contributed by atoms with Crippen LogP contribution in [0.3, 0.4) is 0 Å². The van der Waals surface area contributed by atoms with Gasteiger partial charge >= 0.3 is 0 Å². The molecule has 0 saturated carbocycles. The van der Waals surface area contributed by atoms with Gasteiger partial charge in [0.15, 0.2) is 0 Å². The first kappa shape index (κ1) is 10.3. The summed E-state index contributed by atoms with van der Waals surface area (Å²) in [5.41, 5.74) is 1.12. The van der Waals surface area contributed by atoms with Crippen LogP contribution < -0.4 is 0 Å². The number of benzene rings is 1. The molecule has 0 aromatic heterocycles. The second-order valence-corrected chi connectivity index (χ2v) is 3.28. The molecule has 0 aliphatic carbocycles. The van der Waals surface area contributed by atoms with Crippen molar-refractivity contribution < 1.29 is 9.90 Å². The number of rotatable bonds is 3. The number of aldehydes is 1. The standard InChI is InChI=1S/C11H11NO2/c1-8(7-13)4-9-2-3-10(6-12)11(14)5-9/h2-3,5,7-8,14H,4H2,1H3. The van der Waals surface area contributed by atoms with Crippen LogP contribution in [-0.2, 0) is 11.2 Å². The van der Waals surface area contributed by atoms with Gasteiger partial charge in [-0.1, -0.05) is 13.0 Å². The van der Waals surface area contributed by atoms with Crippen LogP contribution in [0.4, 0.5) is 0 Å².